The molecule has 7 nitrogen and oxygen atoms in total. The molecule has 1 fully saturated rings. The van der Waals surface area contributed by atoms with Crippen molar-refractivity contribution in [1.29, 1.82) is 0 Å². The Morgan fingerprint density at radius 1 is 1.25 bits per heavy atom. The van der Waals surface area contributed by atoms with Gasteiger partial charge in [-0.15, -0.1) is 0 Å². The van der Waals surface area contributed by atoms with Crippen LogP contribution in [-0.2, 0) is 23.9 Å². The number of aromatic nitrogens is 4. The molecule has 1 amide bonds. The topological polar surface area (TPSA) is 73.0 Å². The average Bonchev–Trinajstić information content (AvgIpc) is 3.35. The third kappa shape index (κ3) is 3.08. The smallest absolute Gasteiger partial charge is 0.341 e. The van der Waals surface area contributed by atoms with Crippen LogP contribution in [0, 0.1) is 5.82 Å². The maximum Gasteiger partial charge on any atom is 0.436 e. The summed E-state index contributed by atoms with van der Waals surface area (Å²) in [5.74, 6) is -1.29. The van der Waals surface area contributed by atoms with E-state index in [-0.39, 0.29) is 11.5 Å². The Hall–Kier alpha value is -2.72. The Morgan fingerprint density at radius 3 is 2.64 bits per heavy atom. The summed E-state index contributed by atoms with van der Waals surface area (Å²) in [5, 5.41) is 4.11. The summed E-state index contributed by atoms with van der Waals surface area (Å²) in [6.45, 7) is 0.826. The number of aryl methyl sites for hydroxylation is 1. The van der Waals surface area contributed by atoms with Gasteiger partial charge in [0.2, 0.25) is 5.91 Å². The molecule has 0 aliphatic carbocycles. The van der Waals surface area contributed by atoms with Gasteiger partial charge in [-0.2, -0.15) is 18.3 Å². The van der Waals surface area contributed by atoms with Gasteiger partial charge >= 0.3 is 11.9 Å². The van der Waals surface area contributed by atoms with E-state index in [9.17, 15) is 27.2 Å². The standard InChI is InChI=1S/C17H17F4N5O2/c18-13-10(5-6-22-14(13)17(19,20)21)9-25-16(28)26-11(3-4-12(26)23-25)15(27)24-7-1-2-8-24/h5-6,11H,1-4,7-9H2. The summed E-state index contributed by atoms with van der Waals surface area (Å²) in [4.78, 5) is 30.1. The lowest BCUT2D eigenvalue weighted by molar-refractivity contribution is -0.143. The molecule has 2 aromatic heterocycles. The lowest BCUT2D eigenvalue weighted by atomic mass is 10.2. The minimum Gasteiger partial charge on any atom is -0.341 e. The van der Waals surface area contributed by atoms with Crippen LogP contribution in [0.3, 0.4) is 0 Å². The number of carbonyl (C=O) groups is 1. The fourth-order valence-corrected chi connectivity index (χ4v) is 3.79. The number of rotatable bonds is 3. The van der Waals surface area contributed by atoms with Crippen LogP contribution in [0.2, 0.25) is 0 Å². The van der Waals surface area contributed by atoms with Crippen molar-refractivity contribution in [3.8, 4) is 0 Å². The number of amides is 1. The molecule has 2 aliphatic rings. The normalized spacial score (nSPS) is 19.3. The molecule has 4 rings (SSSR count). The van der Waals surface area contributed by atoms with E-state index in [1.807, 2.05) is 0 Å². The van der Waals surface area contributed by atoms with Gasteiger partial charge in [-0.05, 0) is 25.3 Å². The number of carbonyl (C=O) groups excluding carboxylic acids is 1. The first kappa shape index (κ1) is 18.6. The Balaban J connectivity index is 1.63. The Bertz CT molecular complexity index is 975. The van der Waals surface area contributed by atoms with Crippen molar-refractivity contribution < 1.29 is 22.4 Å². The third-order valence-electron chi connectivity index (χ3n) is 5.15. The van der Waals surface area contributed by atoms with Gasteiger partial charge in [0.25, 0.3) is 0 Å². The summed E-state index contributed by atoms with van der Waals surface area (Å²) in [6, 6.07) is 0.413. The van der Waals surface area contributed by atoms with Crippen LogP contribution in [0.4, 0.5) is 17.6 Å². The highest BCUT2D eigenvalue weighted by atomic mass is 19.4. The first-order valence-electron chi connectivity index (χ1n) is 8.95. The van der Waals surface area contributed by atoms with E-state index in [0.29, 0.717) is 31.8 Å². The van der Waals surface area contributed by atoms with Crippen LogP contribution in [0.5, 0.6) is 0 Å². The Labute approximate surface area is 156 Å². The van der Waals surface area contributed by atoms with Crippen LogP contribution in [-0.4, -0.2) is 43.2 Å². The molecular formula is C17H17F4N5O2. The lowest BCUT2D eigenvalue weighted by Gasteiger charge is -2.20. The molecule has 0 spiro atoms. The van der Waals surface area contributed by atoms with Crippen LogP contribution < -0.4 is 5.69 Å². The SMILES string of the molecule is O=C(C1CCc2nn(Cc3ccnc(C(F)(F)F)c3F)c(=O)n21)N1CCCC1. The highest BCUT2D eigenvalue weighted by Gasteiger charge is 2.38. The molecule has 1 saturated heterocycles. The molecule has 0 N–H and O–H groups in total. The van der Waals surface area contributed by atoms with Crippen molar-refractivity contribution in [1.82, 2.24) is 24.2 Å². The fourth-order valence-electron chi connectivity index (χ4n) is 3.79. The molecule has 0 radical (unpaired) electrons. The average molecular weight is 399 g/mol. The minimum absolute atomic E-state index is 0.146. The second kappa shape index (κ2) is 6.71. The zero-order valence-electron chi connectivity index (χ0n) is 14.7. The van der Waals surface area contributed by atoms with Gasteiger partial charge in [0.15, 0.2) is 11.5 Å². The van der Waals surface area contributed by atoms with E-state index in [1.54, 1.807) is 4.90 Å². The monoisotopic (exact) mass is 399 g/mol. The van der Waals surface area contributed by atoms with E-state index in [1.165, 1.54) is 4.57 Å². The van der Waals surface area contributed by atoms with E-state index >= 15 is 0 Å². The van der Waals surface area contributed by atoms with Gasteiger partial charge < -0.3 is 4.90 Å². The van der Waals surface area contributed by atoms with Crippen LogP contribution in [0.15, 0.2) is 17.1 Å². The summed E-state index contributed by atoms with van der Waals surface area (Å²) in [6.07, 6.45) is -1.40. The maximum absolute atomic E-state index is 14.2. The molecule has 4 heterocycles. The molecule has 0 saturated carbocycles. The molecular weight excluding hydrogens is 382 g/mol. The van der Waals surface area contributed by atoms with Crippen molar-refractivity contribution in [2.75, 3.05) is 13.1 Å². The summed E-state index contributed by atoms with van der Waals surface area (Å²) >= 11 is 0. The molecule has 2 aromatic rings. The number of halogens is 4. The summed E-state index contributed by atoms with van der Waals surface area (Å²) < 4.78 is 54.9. The van der Waals surface area contributed by atoms with Gasteiger partial charge in [0.05, 0.1) is 6.54 Å². The van der Waals surface area contributed by atoms with E-state index in [4.69, 9.17) is 0 Å². The zero-order valence-corrected chi connectivity index (χ0v) is 14.7. The van der Waals surface area contributed by atoms with E-state index < -0.39 is 36.0 Å². The second-order valence-corrected chi connectivity index (χ2v) is 6.94. The minimum atomic E-state index is -4.94. The van der Waals surface area contributed by atoms with E-state index in [2.05, 4.69) is 10.1 Å². The number of likely N-dealkylation sites (tertiary alicyclic amines) is 1. The van der Waals surface area contributed by atoms with Crippen molar-refractivity contribution in [3.05, 3.63) is 45.6 Å². The molecule has 11 heteroatoms. The Kier molecular flexibility index (Phi) is 4.47. The third-order valence-corrected chi connectivity index (χ3v) is 5.15. The van der Waals surface area contributed by atoms with E-state index in [0.717, 1.165) is 29.8 Å². The number of hydrogen-bond donors (Lipinski definition) is 0. The highest BCUT2D eigenvalue weighted by Crippen LogP contribution is 2.31. The molecule has 1 unspecified atom stereocenters. The largest absolute Gasteiger partial charge is 0.436 e. The quantitative estimate of drug-likeness (QED) is 0.738. The molecule has 2 aliphatic heterocycles. The van der Waals surface area contributed by atoms with Gasteiger partial charge in [0.1, 0.15) is 11.9 Å². The summed E-state index contributed by atoms with van der Waals surface area (Å²) in [7, 11) is 0. The van der Waals surface area contributed by atoms with Gasteiger partial charge in [-0.25, -0.2) is 18.9 Å². The maximum atomic E-state index is 14.2. The Morgan fingerprint density at radius 2 is 1.96 bits per heavy atom. The van der Waals surface area contributed by atoms with Crippen LogP contribution >= 0.6 is 0 Å². The first-order valence-corrected chi connectivity index (χ1v) is 8.95. The van der Waals surface area contributed by atoms with Crippen molar-refractivity contribution >= 4 is 5.91 Å². The number of hydrogen-bond acceptors (Lipinski definition) is 4. The van der Waals surface area contributed by atoms with Crippen LogP contribution in [0.25, 0.3) is 0 Å². The molecule has 28 heavy (non-hydrogen) atoms. The predicted molar refractivity (Wildman–Crippen MR) is 88.0 cm³/mol. The second-order valence-electron chi connectivity index (χ2n) is 6.94. The van der Waals surface area contributed by atoms with Gasteiger partial charge in [-0.3, -0.25) is 9.36 Å². The molecule has 0 aromatic carbocycles. The number of fused-ring (bicyclic) bond motifs is 1. The van der Waals surface area contributed by atoms with Crippen LogP contribution in [0.1, 0.15) is 42.4 Å². The van der Waals surface area contributed by atoms with Crippen molar-refractivity contribution in [2.24, 2.45) is 0 Å². The zero-order chi connectivity index (χ0) is 20.1. The number of alkyl halides is 3. The molecule has 0 bridgehead atoms. The molecule has 1 atom stereocenters. The number of pyridine rings is 1. The predicted octanol–water partition coefficient (Wildman–Crippen LogP) is 1.76. The fraction of sp³-hybridized carbons (Fsp3) is 0.529. The van der Waals surface area contributed by atoms with Gasteiger partial charge in [-0.1, -0.05) is 0 Å². The first-order chi connectivity index (χ1) is 13.3. The molecule has 150 valence electrons. The lowest BCUT2D eigenvalue weighted by Crippen LogP contribution is -2.38. The van der Waals surface area contributed by atoms with Gasteiger partial charge in [0, 0.05) is 31.3 Å². The van der Waals surface area contributed by atoms with Crippen molar-refractivity contribution in [3.63, 3.8) is 0 Å². The summed E-state index contributed by atoms with van der Waals surface area (Å²) in [5.41, 5.74) is -2.61. The number of nitrogens with zero attached hydrogens (tertiary/aromatic N) is 5. The highest BCUT2D eigenvalue weighted by molar-refractivity contribution is 5.81. The van der Waals surface area contributed by atoms with Crippen molar-refractivity contribution in [2.45, 2.75) is 44.4 Å².